The van der Waals surface area contributed by atoms with Crippen LogP contribution in [0.25, 0.3) is 0 Å². The predicted octanol–water partition coefficient (Wildman–Crippen LogP) is 2.18. The van der Waals surface area contributed by atoms with Gasteiger partial charge in [-0.2, -0.15) is 5.26 Å². The number of hydrogen-bond acceptors (Lipinski definition) is 3. The smallest absolute Gasteiger partial charge is 0.216 e. The molecule has 0 atom stereocenters. The van der Waals surface area contributed by atoms with Crippen LogP contribution in [-0.4, -0.2) is 18.2 Å². The Morgan fingerprint density at radius 3 is 2.94 bits per heavy atom. The van der Waals surface area contributed by atoms with Gasteiger partial charge < -0.3 is 5.32 Å². The molecule has 84 valence electrons. The van der Waals surface area contributed by atoms with E-state index in [1.165, 1.54) is 6.92 Å². The van der Waals surface area contributed by atoms with E-state index in [4.69, 9.17) is 5.26 Å². The van der Waals surface area contributed by atoms with E-state index >= 15 is 0 Å². The van der Waals surface area contributed by atoms with E-state index in [1.54, 1.807) is 11.8 Å². The first-order valence-corrected chi connectivity index (χ1v) is 6.09. The molecule has 4 heteroatoms. The lowest BCUT2D eigenvalue weighted by atomic mass is 10.2. The van der Waals surface area contributed by atoms with Crippen molar-refractivity contribution in [2.24, 2.45) is 0 Å². The summed E-state index contributed by atoms with van der Waals surface area (Å²) < 4.78 is 0. The van der Waals surface area contributed by atoms with Crippen molar-refractivity contribution >= 4 is 17.7 Å². The molecule has 0 fully saturated rings. The molecule has 1 rings (SSSR count). The monoisotopic (exact) mass is 234 g/mol. The SMILES string of the molecule is CC(=O)NCCCSc1ccccc1C#N. The van der Waals surface area contributed by atoms with Gasteiger partial charge in [0.2, 0.25) is 5.91 Å². The van der Waals surface area contributed by atoms with Crippen LogP contribution in [-0.2, 0) is 4.79 Å². The third-order valence-corrected chi connectivity index (χ3v) is 3.12. The molecule has 0 aliphatic heterocycles. The lowest BCUT2D eigenvalue weighted by molar-refractivity contribution is -0.118. The van der Waals surface area contributed by atoms with Crippen molar-refractivity contribution in [3.8, 4) is 6.07 Å². The van der Waals surface area contributed by atoms with Crippen molar-refractivity contribution in [1.29, 1.82) is 5.26 Å². The Morgan fingerprint density at radius 1 is 1.50 bits per heavy atom. The summed E-state index contributed by atoms with van der Waals surface area (Å²) in [7, 11) is 0. The van der Waals surface area contributed by atoms with Crippen molar-refractivity contribution < 1.29 is 4.79 Å². The first-order valence-electron chi connectivity index (χ1n) is 5.10. The second kappa shape index (κ2) is 6.91. The Hall–Kier alpha value is -1.47. The molecule has 16 heavy (non-hydrogen) atoms. The number of rotatable bonds is 5. The number of amides is 1. The number of nitrogens with one attached hydrogen (secondary N) is 1. The van der Waals surface area contributed by atoms with Crippen LogP contribution in [0.15, 0.2) is 29.2 Å². The van der Waals surface area contributed by atoms with Gasteiger partial charge in [0.05, 0.1) is 5.56 Å². The number of thioether (sulfide) groups is 1. The number of nitrogens with zero attached hydrogens (tertiary/aromatic N) is 1. The maximum absolute atomic E-state index is 10.6. The first-order chi connectivity index (χ1) is 7.74. The molecule has 3 nitrogen and oxygen atoms in total. The molecule has 0 saturated carbocycles. The Labute approximate surface area is 99.8 Å². The maximum Gasteiger partial charge on any atom is 0.216 e. The van der Waals surface area contributed by atoms with E-state index in [9.17, 15) is 4.79 Å². The minimum atomic E-state index is 0.00225. The van der Waals surface area contributed by atoms with Gasteiger partial charge in [-0.3, -0.25) is 4.79 Å². The molecule has 0 aliphatic rings. The minimum Gasteiger partial charge on any atom is -0.356 e. The molecule has 1 aromatic rings. The zero-order valence-corrected chi connectivity index (χ0v) is 10.0. The van der Waals surface area contributed by atoms with E-state index < -0.39 is 0 Å². The van der Waals surface area contributed by atoms with Crippen LogP contribution in [0.5, 0.6) is 0 Å². The van der Waals surface area contributed by atoms with E-state index in [0.29, 0.717) is 12.1 Å². The topological polar surface area (TPSA) is 52.9 Å². The van der Waals surface area contributed by atoms with Gasteiger partial charge >= 0.3 is 0 Å². The van der Waals surface area contributed by atoms with E-state index in [0.717, 1.165) is 17.1 Å². The second-order valence-corrected chi connectivity index (χ2v) is 4.43. The number of benzene rings is 1. The fraction of sp³-hybridized carbons (Fsp3) is 0.333. The van der Waals surface area contributed by atoms with Crippen LogP contribution in [0.3, 0.4) is 0 Å². The number of carbonyl (C=O) groups excluding carboxylic acids is 1. The van der Waals surface area contributed by atoms with Crippen LogP contribution < -0.4 is 5.32 Å². The average Bonchev–Trinajstić information content (AvgIpc) is 2.29. The van der Waals surface area contributed by atoms with E-state index in [-0.39, 0.29) is 5.91 Å². The molecule has 0 aliphatic carbocycles. The summed E-state index contributed by atoms with van der Waals surface area (Å²) in [5.41, 5.74) is 0.715. The minimum absolute atomic E-state index is 0.00225. The number of nitriles is 1. The molecule has 0 unspecified atom stereocenters. The third-order valence-electron chi connectivity index (χ3n) is 1.96. The van der Waals surface area contributed by atoms with Gasteiger partial charge in [-0.25, -0.2) is 0 Å². The van der Waals surface area contributed by atoms with Gasteiger partial charge in [-0.05, 0) is 24.3 Å². The van der Waals surface area contributed by atoms with Gasteiger partial charge in [-0.15, -0.1) is 11.8 Å². The Bertz CT molecular complexity index is 398. The molecule has 0 saturated heterocycles. The van der Waals surface area contributed by atoms with E-state index in [1.807, 2.05) is 24.3 Å². The fourth-order valence-electron chi connectivity index (χ4n) is 1.20. The molecule has 0 spiro atoms. The average molecular weight is 234 g/mol. The normalized spacial score (nSPS) is 9.50. The van der Waals surface area contributed by atoms with Crippen LogP contribution >= 0.6 is 11.8 Å². The largest absolute Gasteiger partial charge is 0.356 e. The number of hydrogen-bond donors (Lipinski definition) is 1. The Morgan fingerprint density at radius 2 is 2.25 bits per heavy atom. The highest BCUT2D eigenvalue weighted by Crippen LogP contribution is 2.22. The zero-order valence-electron chi connectivity index (χ0n) is 9.19. The fourth-order valence-corrected chi connectivity index (χ4v) is 2.16. The summed E-state index contributed by atoms with van der Waals surface area (Å²) in [4.78, 5) is 11.6. The van der Waals surface area contributed by atoms with Crippen molar-refractivity contribution in [1.82, 2.24) is 5.32 Å². The van der Waals surface area contributed by atoms with E-state index in [2.05, 4.69) is 11.4 Å². The Kier molecular flexibility index (Phi) is 5.44. The van der Waals surface area contributed by atoms with Gasteiger partial charge in [0, 0.05) is 18.4 Å². The van der Waals surface area contributed by atoms with Gasteiger partial charge in [-0.1, -0.05) is 12.1 Å². The summed E-state index contributed by atoms with van der Waals surface area (Å²) in [5.74, 6) is 0.904. The molecular formula is C12H14N2OS. The molecule has 1 N–H and O–H groups in total. The summed E-state index contributed by atoms with van der Waals surface area (Å²) in [6.07, 6.45) is 0.907. The van der Waals surface area contributed by atoms with Crippen molar-refractivity contribution in [3.05, 3.63) is 29.8 Å². The quantitative estimate of drug-likeness (QED) is 0.627. The molecule has 0 aromatic heterocycles. The molecular weight excluding hydrogens is 220 g/mol. The molecule has 1 aromatic carbocycles. The maximum atomic E-state index is 10.6. The highest BCUT2D eigenvalue weighted by molar-refractivity contribution is 7.99. The molecule has 0 bridgehead atoms. The van der Waals surface area contributed by atoms with Gasteiger partial charge in [0.1, 0.15) is 6.07 Å². The third kappa shape index (κ3) is 4.37. The molecule has 0 radical (unpaired) electrons. The standard InChI is InChI=1S/C12H14N2OS/c1-10(15)14-7-4-8-16-12-6-3-2-5-11(12)9-13/h2-3,5-6H,4,7-8H2,1H3,(H,14,15). The van der Waals surface area contributed by atoms with Crippen LogP contribution in [0, 0.1) is 11.3 Å². The van der Waals surface area contributed by atoms with Crippen LogP contribution in [0.4, 0.5) is 0 Å². The van der Waals surface area contributed by atoms with Crippen molar-refractivity contribution in [3.63, 3.8) is 0 Å². The second-order valence-electron chi connectivity index (χ2n) is 3.29. The highest BCUT2D eigenvalue weighted by Gasteiger charge is 2.00. The Balaban J connectivity index is 2.32. The summed E-state index contributed by atoms with van der Waals surface area (Å²) in [6.45, 7) is 2.20. The number of carbonyl (C=O) groups is 1. The lowest BCUT2D eigenvalue weighted by Gasteiger charge is -2.04. The van der Waals surface area contributed by atoms with Gasteiger partial charge in [0.25, 0.3) is 0 Å². The summed E-state index contributed by atoms with van der Waals surface area (Å²) >= 11 is 1.65. The summed E-state index contributed by atoms with van der Waals surface area (Å²) in [5, 5.41) is 11.6. The predicted molar refractivity (Wildman–Crippen MR) is 65.2 cm³/mol. The van der Waals surface area contributed by atoms with Crippen molar-refractivity contribution in [2.75, 3.05) is 12.3 Å². The van der Waals surface area contributed by atoms with Gasteiger partial charge in [0.15, 0.2) is 0 Å². The van der Waals surface area contributed by atoms with Crippen molar-refractivity contribution in [2.45, 2.75) is 18.2 Å². The highest BCUT2D eigenvalue weighted by atomic mass is 32.2. The zero-order chi connectivity index (χ0) is 11.8. The van der Waals surface area contributed by atoms with Crippen LogP contribution in [0.1, 0.15) is 18.9 Å². The summed E-state index contributed by atoms with van der Waals surface area (Å²) in [6, 6.07) is 9.71. The lowest BCUT2D eigenvalue weighted by Crippen LogP contribution is -2.21. The van der Waals surface area contributed by atoms with Crippen LogP contribution in [0.2, 0.25) is 0 Å². The molecule has 0 heterocycles. The first kappa shape index (κ1) is 12.6. The molecule has 1 amide bonds.